The van der Waals surface area contributed by atoms with Gasteiger partial charge in [0.2, 0.25) is 0 Å². The molecule has 3 aromatic rings. The Kier molecular flexibility index (Phi) is 4.16. The zero-order valence-electron chi connectivity index (χ0n) is 12.1. The molecule has 0 atom stereocenters. The van der Waals surface area contributed by atoms with E-state index in [9.17, 15) is 4.79 Å². The molecule has 2 N–H and O–H groups in total. The molecule has 0 aliphatic heterocycles. The number of aliphatic hydroxyl groups is 1. The molecule has 0 spiro atoms. The van der Waals surface area contributed by atoms with Crippen LogP contribution in [0.4, 0.5) is 0 Å². The van der Waals surface area contributed by atoms with Gasteiger partial charge < -0.3 is 10.4 Å². The lowest BCUT2D eigenvalue weighted by Crippen LogP contribution is -2.24. The SMILES string of the molecule is O=C(NCCCO)c1ccc(-n2cnc3ccccc32)cc1. The molecule has 0 bridgehead atoms. The van der Waals surface area contributed by atoms with Gasteiger partial charge in [-0.15, -0.1) is 0 Å². The molecule has 1 heterocycles. The highest BCUT2D eigenvalue weighted by molar-refractivity contribution is 5.94. The number of aromatic nitrogens is 2. The highest BCUT2D eigenvalue weighted by Crippen LogP contribution is 2.18. The van der Waals surface area contributed by atoms with E-state index < -0.39 is 0 Å². The zero-order chi connectivity index (χ0) is 15.4. The van der Waals surface area contributed by atoms with Crippen molar-refractivity contribution in [2.45, 2.75) is 6.42 Å². The van der Waals surface area contributed by atoms with Crippen LogP contribution in [-0.4, -0.2) is 33.7 Å². The number of carbonyl (C=O) groups is 1. The van der Waals surface area contributed by atoms with Crippen molar-refractivity contribution >= 4 is 16.9 Å². The van der Waals surface area contributed by atoms with Crippen LogP contribution in [0.5, 0.6) is 0 Å². The number of fused-ring (bicyclic) bond motifs is 1. The van der Waals surface area contributed by atoms with Gasteiger partial charge in [-0.25, -0.2) is 4.98 Å². The quantitative estimate of drug-likeness (QED) is 0.709. The summed E-state index contributed by atoms with van der Waals surface area (Å²) in [6.07, 6.45) is 2.34. The summed E-state index contributed by atoms with van der Waals surface area (Å²) in [5, 5.41) is 11.5. The van der Waals surface area contributed by atoms with E-state index in [2.05, 4.69) is 10.3 Å². The highest BCUT2D eigenvalue weighted by atomic mass is 16.3. The van der Waals surface area contributed by atoms with Gasteiger partial charge in [0.1, 0.15) is 6.33 Å². The van der Waals surface area contributed by atoms with Crippen LogP contribution in [0.15, 0.2) is 54.9 Å². The van der Waals surface area contributed by atoms with Crippen molar-refractivity contribution in [3.05, 3.63) is 60.4 Å². The number of amides is 1. The van der Waals surface area contributed by atoms with Gasteiger partial charge in [0, 0.05) is 24.4 Å². The molecule has 5 heteroatoms. The molecule has 0 radical (unpaired) electrons. The summed E-state index contributed by atoms with van der Waals surface area (Å²) < 4.78 is 1.99. The summed E-state index contributed by atoms with van der Waals surface area (Å²) >= 11 is 0. The van der Waals surface area contributed by atoms with E-state index in [4.69, 9.17) is 5.11 Å². The predicted octanol–water partition coefficient (Wildman–Crippen LogP) is 2.14. The number of aliphatic hydroxyl groups excluding tert-OH is 1. The molecule has 5 nitrogen and oxygen atoms in total. The average Bonchev–Trinajstić information content (AvgIpc) is 2.99. The van der Waals surface area contributed by atoms with E-state index in [1.807, 2.05) is 41.0 Å². The van der Waals surface area contributed by atoms with E-state index in [-0.39, 0.29) is 12.5 Å². The third-order valence-electron chi connectivity index (χ3n) is 3.48. The van der Waals surface area contributed by atoms with E-state index in [1.54, 1.807) is 18.5 Å². The molecule has 0 saturated heterocycles. The summed E-state index contributed by atoms with van der Waals surface area (Å²) in [6.45, 7) is 0.552. The van der Waals surface area contributed by atoms with Crippen molar-refractivity contribution in [1.29, 1.82) is 0 Å². The fraction of sp³-hybridized carbons (Fsp3) is 0.176. The van der Waals surface area contributed by atoms with Gasteiger partial charge in [-0.3, -0.25) is 9.36 Å². The lowest BCUT2D eigenvalue weighted by atomic mass is 10.2. The number of hydrogen-bond acceptors (Lipinski definition) is 3. The topological polar surface area (TPSA) is 67.2 Å². The maximum absolute atomic E-state index is 11.9. The summed E-state index contributed by atoms with van der Waals surface area (Å²) in [6, 6.07) is 15.3. The number of nitrogens with one attached hydrogen (secondary N) is 1. The second kappa shape index (κ2) is 6.41. The third kappa shape index (κ3) is 2.84. The van der Waals surface area contributed by atoms with Gasteiger partial charge in [-0.1, -0.05) is 12.1 Å². The predicted molar refractivity (Wildman–Crippen MR) is 85.1 cm³/mol. The normalized spacial score (nSPS) is 10.8. The second-order valence-corrected chi connectivity index (χ2v) is 4.98. The lowest BCUT2D eigenvalue weighted by molar-refractivity contribution is 0.0951. The van der Waals surface area contributed by atoms with Crippen molar-refractivity contribution in [3.8, 4) is 5.69 Å². The van der Waals surface area contributed by atoms with Crippen LogP contribution in [0.2, 0.25) is 0 Å². The van der Waals surface area contributed by atoms with E-state index in [1.165, 1.54) is 0 Å². The molecule has 1 aromatic heterocycles. The van der Waals surface area contributed by atoms with Gasteiger partial charge >= 0.3 is 0 Å². The maximum atomic E-state index is 11.9. The molecule has 1 amide bonds. The van der Waals surface area contributed by atoms with Gasteiger partial charge in [0.05, 0.1) is 11.0 Å². The van der Waals surface area contributed by atoms with Crippen molar-refractivity contribution < 1.29 is 9.90 Å². The first kappa shape index (κ1) is 14.3. The summed E-state index contributed by atoms with van der Waals surface area (Å²) in [5.74, 6) is -0.129. The number of nitrogens with zero attached hydrogens (tertiary/aromatic N) is 2. The Morgan fingerprint density at radius 3 is 2.68 bits per heavy atom. The van der Waals surface area contributed by atoms with Crippen LogP contribution >= 0.6 is 0 Å². The van der Waals surface area contributed by atoms with Crippen molar-refractivity contribution in [3.63, 3.8) is 0 Å². The largest absolute Gasteiger partial charge is 0.396 e. The molecule has 3 rings (SSSR count). The molecule has 0 aliphatic rings. The minimum Gasteiger partial charge on any atom is -0.396 e. The van der Waals surface area contributed by atoms with Crippen molar-refractivity contribution in [2.24, 2.45) is 0 Å². The van der Waals surface area contributed by atoms with Crippen LogP contribution in [0.3, 0.4) is 0 Å². The minimum absolute atomic E-state index is 0.0763. The fourth-order valence-corrected chi connectivity index (χ4v) is 2.32. The first-order chi connectivity index (χ1) is 10.8. The molecule has 2 aromatic carbocycles. The molecule has 22 heavy (non-hydrogen) atoms. The average molecular weight is 295 g/mol. The van der Waals surface area contributed by atoms with Crippen LogP contribution < -0.4 is 5.32 Å². The lowest BCUT2D eigenvalue weighted by Gasteiger charge is -2.07. The molecule has 112 valence electrons. The monoisotopic (exact) mass is 295 g/mol. The number of rotatable bonds is 5. The van der Waals surface area contributed by atoms with Gasteiger partial charge in [-0.2, -0.15) is 0 Å². The van der Waals surface area contributed by atoms with E-state index in [0.717, 1.165) is 16.7 Å². The Balaban J connectivity index is 1.81. The molecule has 0 fully saturated rings. The first-order valence-electron chi connectivity index (χ1n) is 7.21. The van der Waals surface area contributed by atoms with Gasteiger partial charge in [0.15, 0.2) is 0 Å². The van der Waals surface area contributed by atoms with E-state index >= 15 is 0 Å². The molecule has 0 saturated carbocycles. The molecule has 0 aliphatic carbocycles. The van der Waals surface area contributed by atoms with Crippen LogP contribution in [0, 0.1) is 0 Å². The summed E-state index contributed by atoms with van der Waals surface area (Å²) in [5.41, 5.74) is 3.53. The number of carbonyl (C=O) groups excluding carboxylic acids is 1. The zero-order valence-corrected chi connectivity index (χ0v) is 12.1. The van der Waals surface area contributed by atoms with Crippen molar-refractivity contribution in [1.82, 2.24) is 14.9 Å². The third-order valence-corrected chi connectivity index (χ3v) is 3.48. The highest BCUT2D eigenvalue weighted by Gasteiger charge is 2.07. The van der Waals surface area contributed by atoms with Crippen molar-refractivity contribution in [2.75, 3.05) is 13.2 Å². The Morgan fingerprint density at radius 1 is 1.14 bits per heavy atom. The smallest absolute Gasteiger partial charge is 0.251 e. The second-order valence-electron chi connectivity index (χ2n) is 4.98. The molecule has 0 unspecified atom stereocenters. The Morgan fingerprint density at radius 2 is 1.91 bits per heavy atom. The fourth-order valence-electron chi connectivity index (χ4n) is 2.32. The Hall–Kier alpha value is -2.66. The Bertz CT molecular complexity index is 778. The summed E-state index contributed by atoms with van der Waals surface area (Å²) in [7, 11) is 0. The van der Waals surface area contributed by atoms with Crippen LogP contribution in [0.1, 0.15) is 16.8 Å². The minimum atomic E-state index is -0.129. The summed E-state index contributed by atoms with van der Waals surface area (Å²) in [4.78, 5) is 16.3. The Labute approximate surface area is 128 Å². The van der Waals surface area contributed by atoms with Crippen LogP contribution in [-0.2, 0) is 0 Å². The number of benzene rings is 2. The molecular weight excluding hydrogens is 278 g/mol. The first-order valence-corrected chi connectivity index (χ1v) is 7.21. The maximum Gasteiger partial charge on any atom is 0.251 e. The number of imidazole rings is 1. The van der Waals surface area contributed by atoms with E-state index in [0.29, 0.717) is 18.5 Å². The van der Waals surface area contributed by atoms with Gasteiger partial charge in [-0.05, 0) is 42.8 Å². The standard InChI is InChI=1S/C17H17N3O2/c21-11-3-10-18-17(22)13-6-8-14(9-7-13)20-12-19-15-4-1-2-5-16(15)20/h1-2,4-9,12,21H,3,10-11H2,(H,18,22). The van der Waals surface area contributed by atoms with Gasteiger partial charge in [0.25, 0.3) is 5.91 Å². The number of para-hydroxylation sites is 2. The number of hydrogen-bond donors (Lipinski definition) is 2. The van der Waals surface area contributed by atoms with Crippen LogP contribution in [0.25, 0.3) is 16.7 Å². The molecular formula is C17H17N3O2.